The van der Waals surface area contributed by atoms with Crippen LogP contribution in [0.15, 0.2) is 53.6 Å². The SMILES string of the molecule is CN(C)c1ccc(/C=N\Nc2nc(Nc3ccc([N+](=O)[O-])cc3)nc(N3CCCC3)n2)cc1. The molecule has 0 radical (unpaired) electrons. The largest absolute Gasteiger partial charge is 0.378 e. The maximum absolute atomic E-state index is 10.9. The zero-order valence-electron chi connectivity index (χ0n) is 18.5. The number of non-ortho nitro benzene ring substituents is 1. The summed E-state index contributed by atoms with van der Waals surface area (Å²) in [6, 6.07) is 14.1. The molecule has 4 rings (SSSR count). The Hall–Kier alpha value is -4.28. The summed E-state index contributed by atoms with van der Waals surface area (Å²) in [6.45, 7) is 1.75. The van der Waals surface area contributed by atoms with Gasteiger partial charge < -0.3 is 15.1 Å². The van der Waals surface area contributed by atoms with Gasteiger partial charge in [0.1, 0.15) is 0 Å². The summed E-state index contributed by atoms with van der Waals surface area (Å²) < 4.78 is 0. The van der Waals surface area contributed by atoms with Gasteiger partial charge in [0.05, 0.1) is 11.1 Å². The molecule has 0 spiro atoms. The van der Waals surface area contributed by atoms with E-state index in [1.165, 1.54) is 12.1 Å². The first-order chi connectivity index (χ1) is 16.0. The second-order valence-electron chi connectivity index (χ2n) is 7.76. The van der Waals surface area contributed by atoms with Crippen LogP contribution in [-0.2, 0) is 0 Å². The Morgan fingerprint density at radius 3 is 2.30 bits per heavy atom. The number of nitro groups is 1. The Balaban J connectivity index is 1.52. The van der Waals surface area contributed by atoms with Crippen molar-refractivity contribution in [2.45, 2.75) is 12.8 Å². The maximum atomic E-state index is 10.9. The van der Waals surface area contributed by atoms with Crippen LogP contribution in [0.1, 0.15) is 18.4 Å². The molecule has 0 aliphatic carbocycles. The number of benzene rings is 2. The van der Waals surface area contributed by atoms with Gasteiger partial charge in [0.2, 0.25) is 17.8 Å². The number of hydrazone groups is 1. The van der Waals surface area contributed by atoms with E-state index < -0.39 is 4.92 Å². The minimum Gasteiger partial charge on any atom is -0.378 e. The normalized spacial score (nSPS) is 13.3. The molecule has 1 saturated heterocycles. The van der Waals surface area contributed by atoms with Crippen LogP contribution >= 0.6 is 0 Å². The molecular weight excluding hydrogens is 422 g/mol. The molecule has 2 N–H and O–H groups in total. The fraction of sp³-hybridized carbons (Fsp3) is 0.273. The van der Waals surface area contributed by atoms with E-state index in [0.29, 0.717) is 23.5 Å². The third-order valence-corrected chi connectivity index (χ3v) is 5.13. The quantitative estimate of drug-likeness (QED) is 0.302. The lowest BCUT2D eigenvalue weighted by molar-refractivity contribution is -0.384. The van der Waals surface area contributed by atoms with Gasteiger partial charge in [0, 0.05) is 50.7 Å². The van der Waals surface area contributed by atoms with E-state index in [2.05, 4.69) is 35.7 Å². The van der Waals surface area contributed by atoms with Crippen LogP contribution in [0.25, 0.3) is 0 Å². The third-order valence-electron chi connectivity index (χ3n) is 5.13. The summed E-state index contributed by atoms with van der Waals surface area (Å²) in [5, 5.41) is 18.2. The Morgan fingerprint density at radius 1 is 1.00 bits per heavy atom. The lowest BCUT2D eigenvalue weighted by Crippen LogP contribution is -2.21. The van der Waals surface area contributed by atoms with Crippen molar-refractivity contribution in [3.63, 3.8) is 0 Å². The van der Waals surface area contributed by atoms with Gasteiger partial charge in [-0.05, 0) is 42.7 Å². The third kappa shape index (κ3) is 5.70. The summed E-state index contributed by atoms with van der Waals surface area (Å²) in [6.07, 6.45) is 3.86. The van der Waals surface area contributed by atoms with Crippen LogP contribution in [0.2, 0.25) is 0 Å². The second kappa shape index (κ2) is 9.90. The van der Waals surface area contributed by atoms with Gasteiger partial charge in [-0.3, -0.25) is 10.1 Å². The predicted molar refractivity (Wildman–Crippen MR) is 130 cm³/mol. The summed E-state index contributed by atoms with van der Waals surface area (Å²) >= 11 is 0. The van der Waals surface area contributed by atoms with E-state index in [-0.39, 0.29) is 5.69 Å². The van der Waals surface area contributed by atoms with Gasteiger partial charge in [0.25, 0.3) is 5.69 Å². The minimum absolute atomic E-state index is 0.0178. The van der Waals surface area contributed by atoms with E-state index in [9.17, 15) is 10.1 Å². The Morgan fingerprint density at radius 2 is 1.67 bits per heavy atom. The van der Waals surface area contributed by atoms with E-state index in [0.717, 1.165) is 37.2 Å². The molecule has 0 atom stereocenters. The van der Waals surface area contributed by atoms with Crippen LogP contribution in [0.5, 0.6) is 0 Å². The first kappa shape index (κ1) is 21.9. The van der Waals surface area contributed by atoms with Crippen LogP contribution in [-0.4, -0.2) is 53.3 Å². The molecule has 2 aromatic carbocycles. The highest BCUT2D eigenvalue weighted by Gasteiger charge is 2.17. The number of rotatable bonds is 8. The standard InChI is InChI=1S/C22H25N9O2/c1-29(2)18-9-5-16(6-10-18)15-23-28-21-25-20(26-22(27-21)30-13-3-4-14-30)24-17-7-11-19(12-8-17)31(32)33/h5-12,15H,3-4,13-14H2,1-2H3,(H2,24,25,26,27,28)/b23-15-. The lowest BCUT2D eigenvalue weighted by Gasteiger charge is -2.16. The topological polar surface area (TPSA) is 125 Å². The Bertz CT molecular complexity index is 1130. The molecule has 0 saturated carbocycles. The van der Waals surface area contributed by atoms with E-state index >= 15 is 0 Å². The lowest BCUT2D eigenvalue weighted by atomic mass is 10.2. The van der Waals surface area contributed by atoms with Crippen LogP contribution in [0.4, 0.5) is 34.9 Å². The van der Waals surface area contributed by atoms with Gasteiger partial charge in [-0.1, -0.05) is 12.1 Å². The molecule has 170 valence electrons. The number of anilines is 5. The Kier molecular flexibility index (Phi) is 6.58. The average Bonchev–Trinajstić information content (AvgIpc) is 3.35. The van der Waals surface area contributed by atoms with Crippen LogP contribution in [0, 0.1) is 10.1 Å². The number of nitro benzene ring substituents is 1. The smallest absolute Gasteiger partial charge is 0.269 e. The molecular formula is C22H25N9O2. The Labute approximate surface area is 191 Å². The summed E-state index contributed by atoms with van der Waals surface area (Å²) in [4.78, 5) is 28.0. The molecule has 2 heterocycles. The van der Waals surface area contributed by atoms with Crippen molar-refractivity contribution in [1.82, 2.24) is 15.0 Å². The summed E-state index contributed by atoms with van der Waals surface area (Å²) in [5.41, 5.74) is 5.58. The molecule has 33 heavy (non-hydrogen) atoms. The summed E-state index contributed by atoms with van der Waals surface area (Å²) in [7, 11) is 3.98. The molecule has 3 aromatic rings. The van der Waals surface area contributed by atoms with Crippen molar-refractivity contribution in [1.29, 1.82) is 0 Å². The highest BCUT2D eigenvalue weighted by molar-refractivity contribution is 5.80. The molecule has 0 amide bonds. The van der Waals surface area contributed by atoms with Crippen molar-refractivity contribution in [3.05, 3.63) is 64.2 Å². The number of nitrogens with one attached hydrogen (secondary N) is 2. The number of nitrogens with zero attached hydrogens (tertiary/aromatic N) is 7. The highest BCUT2D eigenvalue weighted by atomic mass is 16.6. The van der Waals surface area contributed by atoms with E-state index in [4.69, 9.17) is 0 Å². The predicted octanol–water partition coefficient (Wildman–Crippen LogP) is 3.64. The first-order valence-corrected chi connectivity index (χ1v) is 10.6. The number of hydrogen-bond donors (Lipinski definition) is 2. The van der Waals surface area contributed by atoms with Crippen molar-refractivity contribution in [2.24, 2.45) is 5.10 Å². The van der Waals surface area contributed by atoms with Crippen molar-refractivity contribution in [3.8, 4) is 0 Å². The van der Waals surface area contributed by atoms with Crippen molar-refractivity contribution in [2.75, 3.05) is 47.7 Å². The zero-order valence-corrected chi connectivity index (χ0v) is 18.5. The molecule has 0 unspecified atom stereocenters. The molecule has 11 heteroatoms. The van der Waals surface area contributed by atoms with Crippen molar-refractivity contribution < 1.29 is 4.92 Å². The molecule has 1 aliphatic rings. The molecule has 1 fully saturated rings. The van der Waals surface area contributed by atoms with Crippen LogP contribution < -0.4 is 20.5 Å². The zero-order chi connectivity index (χ0) is 23.2. The van der Waals surface area contributed by atoms with Gasteiger partial charge in [-0.2, -0.15) is 20.1 Å². The summed E-state index contributed by atoms with van der Waals surface area (Å²) in [5.74, 6) is 1.19. The van der Waals surface area contributed by atoms with Gasteiger partial charge in [-0.25, -0.2) is 5.43 Å². The molecule has 11 nitrogen and oxygen atoms in total. The van der Waals surface area contributed by atoms with Crippen molar-refractivity contribution >= 4 is 41.1 Å². The first-order valence-electron chi connectivity index (χ1n) is 10.6. The molecule has 1 aliphatic heterocycles. The van der Waals surface area contributed by atoms with E-state index in [1.54, 1.807) is 18.3 Å². The molecule has 1 aromatic heterocycles. The maximum Gasteiger partial charge on any atom is 0.269 e. The van der Waals surface area contributed by atoms with E-state index in [1.807, 2.05) is 43.3 Å². The van der Waals surface area contributed by atoms with Gasteiger partial charge in [0.15, 0.2) is 0 Å². The minimum atomic E-state index is -0.438. The number of hydrogen-bond acceptors (Lipinski definition) is 10. The highest BCUT2D eigenvalue weighted by Crippen LogP contribution is 2.22. The fourth-order valence-electron chi connectivity index (χ4n) is 3.35. The van der Waals surface area contributed by atoms with Gasteiger partial charge >= 0.3 is 0 Å². The van der Waals surface area contributed by atoms with Gasteiger partial charge in [-0.15, -0.1) is 0 Å². The second-order valence-corrected chi connectivity index (χ2v) is 7.76. The number of aromatic nitrogens is 3. The molecule has 0 bridgehead atoms. The monoisotopic (exact) mass is 447 g/mol. The average molecular weight is 448 g/mol. The van der Waals surface area contributed by atoms with Crippen LogP contribution in [0.3, 0.4) is 0 Å². The fourth-order valence-corrected chi connectivity index (χ4v) is 3.35.